The lowest BCUT2D eigenvalue weighted by Crippen LogP contribution is -2.04. The van der Waals surface area contributed by atoms with Crippen molar-refractivity contribution in [3.8, 4) is 11.4 Å². The Hall–Kier alpha value is -2.08. The molecule has 2 nitrogen and oxygen atoms in total. The zero-order chi connectivity index (χ0) is 15.2. The smallest absolute Gasteiger partial charge is 0.338 e. The quantitative estimate of drug-likeness (QED) is 0.626. The van der Waals surface area contributed by atoms with Crippen LogP contribution in [0.5, 0.6) is 0 Å². The maximum Gasteiger partial charge on any atom is 0.416 e. The average Bonchev–Trinajstić information content (AvgIpc) is 2.83. The molecule has 108 valence electrons. The Morgan fingerprint density at radius 1 is 1.05 bits per heavy atom. The summed E-state index contributed by atoms with van der Waals surface area (Å²) in [5, 5.41) is 0.308. The Bertz CT molecular complexity index is 823. The number of hydrogen-bond donors (Lipinski definition) is 1. The summed E-state index contributed by atoms with van der Waals surface area (Å²) in [6.45, 7) is 0. The average molecular weight is 315 g/mol. The Morgan fingerprint density at radius 2 is 1.81 bits per heavy atom. The third-order valence-electron chi connectivity index (χ3n) is 2.99. The van der Waals surface area contributed by atoms with E-state index in [1.165, 1.54) is 24.3 Å². The molecule has 0 unspecified atom stereocenters. The Morgan fingerprint density at radius 3 is 2.52 bits per heavy atom. The number of imidazole rings is 1. The molecule has 0 fully saturated rings. The normalized spacial score (nSPS) is 12.0. The molecule has 0 amide bonds. The summed E-state index contributed by atoms with van der Waals surface area (Å²) in [5.41, 5.74) is -0.194. The number of nitrogens with one attached hydrogen (secondary N) is 1. The predicted molar refractivity (Wildman–Crippen MR) is 71.5 cm³/mol. The van der Waals surface area contributed by atoms with E-state index in [4.69, 9.17) is 11.6 Å². The fraction of sp³-hybridized carbons (Fsp3) is 0.0714. The summed E-state index contributed by atoms with van der Waals surface area (Å²) < 4.78 is 51.7. The zero-order valence-electron chi connectivity index (χ0n) is 10.3. The highest BCUT2D eigenvalue weighted by Crippen LogP contribution is 2.32. The zero-order valence-corrected chi connectivity index (χ0v) is 11.1. The van der Waals surface area contributed by atoms with E-state index >= 15 is 0 Å². The van der Waals surface area contributed by atoms with Gasteiger partial charge < -0.3 is 4.98 Å². The second-order valence-corrected chi connectivity index (χ2v) is 4.88. The van der Waals surface area contributed by atoms with Crippen molar-refractivity contribution in [2.45, 2.75) is 6.18 Å². The highest BCUT2D eigenvalue weighted by molar-refractivity contribution is 6.30. The number of benzene rings is 2. The number of fused-ring (bicyclic) bond motifs is 1. The van der Waals surface area contributed by atoms with Gasteiger partial charge in [-0.25, -0.2) is 9.37 Å². The topological polar surface area (TPSA) is 28.7 Å². The first-order valence-corrected chi connectivity index (χ1v) is 6.25. The van der Waals surface area contributed by atoms with Crippen LogP contribution in [0.4, 0.5) is 17.6 Å². The molecule has 0 bridgehead atoms. The highest BCUT2D eigenvalue weighted by Gasteiger charge is 2.30. The van der Waals surface area contributed by atoms with Gasteiger partial charge in [-0.05, 0) is 36.4 Å². The molecule has 0 atom stereocenters. The molecule has 1 heterocycles. The Kier molecular flexibility index (Phi) is 3.13. The van der Waals surface area contributed by atoms with Gasteiger partial charge in [0.1, 0.15) is 11.6 Å². The van der Waals surface area contributed by atoms with Gasteiger partial charge in [-0.2, -0.15) is 13.2 Å². The largest absolute Gasteiger partial charge is 0.416 e. The molecule has 7 heteroatoms. The van der Waals surface area contributed by atoms with E-state index in [-0.39, 0.29) is 16.9 Å². The van der Waals surface area contributed by atoms with Crippen LogP contribution in [-0.2, 0) is 6.18 Å². The number of hydrogen-bond acceptors (Lipinski definition) is 1. The lowest BCUT2D eigenvalue weighted by molar-refractivity contribution is -0.137. The summed E-state index contributed by atoms with van der Waals surface area (Å²) in [6.07, 6.45) is -4.44. The van der Waals surface area contributed by atoms with Crippen molar-refractivity contribution in [1.29, 1.82) is 0 Å². The molecule has 0 saturated carbocycles. The summed E-state index contributed by atoms with van der Waals surface area (Å²) in [4.78, 5) is 6.77. The van der Waals surface area contributed by atoms with E-state index in [0.29, 0.717) is 10.5 Å². The van der Waals surface area contributed by atoms with Crippen molar-refractivity contribution in [2.24, 2.45) is 0 Å². The van der Waals surface area contributed by atoms with Crippen molar-refractivity contribution in [2.75, 3.05) is 0 Å². The summed E-state index contributed by atoms with van der Waals surface area (Å²) in [6, 6.07) is 7.02. The van der Waals surface area contributed by atoms with Crippen molar-refractivity contribution in [3.05, 3.63) is 52.8 Å². The second-order valence-electron chi connectivity index (χ2n) is 4.44. The predicted octanol–water partition coefficient (Wildman–Crippen LogP) is 5.04. The number of nitrogens with zero attached hydrogens (tertiary/aromatic N) is 1. The highest BCUT2D eigenvalue weighted by atomic mass is 35.5. The van der Waals surface area contributed by atoms with Gasteiger partial charge in [-0.15, -0.1) is 0 Å². The van der Waals surface area contributed by atoms with E-state index in [0.717, 1.165) is 12.1 Å². The number of aromatic amines is 1. The molecule has 1 aromatic heterocycles. The lowest BCUT2D eigenvalue weighted by atomic mass is 10.2. The van der Waals surface area contributed by atoms with Crippen LogP contribution in [0.1, 0.15) is 5.56 Å². The van der Waals surface area contributed by atoms with Crippen molar-refractivity contribution in [3.63, 3.8) is 0 Å². The van der Waals surface area contributed by atoms with Crippen LogP contribution in [0.25, 0.3) is 22.4 Å². The first kappa shape index (κ1) is 13.9. The molecular formula is C14H7ClF4N2. The SMILES string of the molecule is Fc1ccc(Cl)cc1-c1nc2ccc(C(F)(F)F)cc2[nH]1. The van der Waals surface area contributed by atoms with Gasteiger partial charge in [0.15, 0.2) is 0 Å². The number of alkyl halides is 3. The van der Waals surface area contributed by atoms with Crippen LogP contribution in [0.15, 0.2) is 36.4 Å². The molecule has 3 rings (SSSR count). The van der Waals surface area contributed by atoms with Gasteiger partial charge in [0.2, 0.25) is 0 Å². The van der Waals surface area contributed by atoms with E-state index in [2.05, 4.69) is 9.97 Å². The molecule has 0 spiro atoms. The number of aromatic nitrogens is 2. The molecular weight excluding hydrogens is 308 g/mol. The molecule has 21 heavy (non-hydrogen) atoms. The Labute approximate surface area is 121 Å². The first-order valence-electron chi connectivity index (χ1n) is 5.87. The fourth-order valence-corrected chi connectivity index (χ4v) is 2.16. The van der Waals surface area contributed by atoms with Crippen LogP contribution < -0.4 is 0 Å². The standard InChI is InChI=1S/C14H7ClF4N2/c15-8-2-3-10(16)9(6-8)13-20-11-4-1-7(14(17,18)19)5-12(11)21-13/h1-6H,(H,20,21). The Balaban J connectivity index is 2.15. The van der Waals surface area contributed by atoms with Crippen LogP contribution in [0.3, 0.4) is 0 Å². The molecule has 0 radical (unpaired) electrons. The van der Waals surface area contributed by atoms with Crippen LogP contribution >= 0.6 is 11.6 Å². The summed E-state index contributed by atoms with van der Waals surface area (Å²) >= 11 is 5.79. The minimum Gasteiger partial charge on any atom is -0.338 e. The molecule has 0 aliphatic rings. The van der Waals surface area contributed by atoms with Crippen LogP contribution in [0, 0.1) is 5.82 Å². The molecule has 0 aliphatic carbocycles. The van der Waals surface area contributed by atoms with Gasteiger partial charge in [0.05, 0.1) is 22.2 Å². The van der Waals surface area contributed by atoms with Crippen molar-refractivity contribution in [1.82, 2.24) is 9.97 Å². The number of rotatable bonds is 1. The molecule has 0 saturated heterocycles. The minimum absolute atomic E-state index is 0.104. The van der Waals surface area contributed by atoms with Gasteiger partial charge in [0.25, 0.3) is 0 Å². The third kappa shape index (κ3) is 2.58. The van der Waals surface area contributed by atoms with E-state index in [1.807, 2.05) is 0 Å². The van der Waals surface area contributed by atoms with Gasteiger partial charge >= 0.3 is 6.18 Å². The van der Waals surface area contributed by atoms with E-state index in [1.54, 1.807) is 0 Å². The number of H-pyrrole nitrogens is 1. The molecule has 0 aliphatic heterocycles. The summed E-state index contributed by atoms with van der Waals surface area (Å²) in [5.74, 6) is -0.432. The summed E-state index contributed by atoms with van der Waals surface area (Å²) in [7, 11) is 0. The first-order chi connectivity index (χ1) is 9.84. The maximum absolute atomic E-state index is 13.8. The third-order valence-corrected chi connectivity index (χ3v) is 3.23. The van der Waals surface area contributed by atoms with Gasteiger partial charge in [0, 0.05) is 5.02 Å². The van der Waals surface area contributed by atoms with Crippen LogP contribution in [-0.4, -0.2) is 9.97 Å². The second kappa shape index (κ2) is 4.73. The van der Waals surface area contributed by atoms with Gasteiger partial charge in [-0.1, -0.05) is 11.6 Å². The molecule has 3 aromatic rings. The van der Waals surface area contributed by atoms with Crippen molar-refractivity contribution >= 4 is 22.6 Å². The fourth-order valence-electron chi connectivity index (χ4n) is 1.99. The maximum atomic E-state index is 13.8. The van der Waals surface area contributed by atoms with Crippen LogP contribution in [0.2, 0.25) is 5.02 Å². The van der Waals surface area contributed by atoms with Gasteiger partial charge in [-0.3, -0.25) is 0 Å². The van der Waals surface area contributed by atoms with Crippen molar-refractivity contribution < 1.29 is 17.6 Å². The van der Waals surface area contributed by atoms with E-state index < -0.39 is 17.6 Å². The molecule has 2 aromatic carbocycles. The molecule has 1 N–H and O–H groups in total. The number of halogens is 5. The monoisotopic (exact) mass is 314 g/mol. The minimum atomic E-state index is -4.44. The lowest BCUT2D eigenvalue weighted by Gasteiger charge is -2.05. The van der Waals surface area contributed by atoms with E-state index in [9.17, 15) is 17.6 Å².